The molecule has 0 spiro atoms. The molecule has 24 heavy (non-hydrogen) atoms. The number of guanidine groups is 1. The summed E-state index contributed by atoms with van der Waals surface area (Å²) < 4.78 is 5.63. The maximum Gasteiger partial charge on any atom is 0.189 e. The molecule has 2 aromatic carbocycles. The van der Waals surface area contributed by atoms with E-state index in [1.54, 1.807) is 24.3 Å². The number of aliphatic hydroxyl groups excluding tert-OH is 1. The van der Waals surface area contributed by atoms with Crippen LogP contribution in [0.1, 0.15) is 29.7 Å². The van der Waals surface area contributed by atoms with Crippen molar-refractivity contribution in [2.75, 3.05) is 13.2 Å². The number of hydrogen-bond donors (Lipinski definition) is 3. The minimum Gasteiger partial charge on any atom is -0.493 e. The summed E-state index contributed by atoms with van der Waals surface area (Å²) in [6, 6.07) is 15.0. The molecule has 126 valence electrons. The first-order valence-corrected chi connectivity index (χ1v) is 8.23. The van der Waals surface area contributed by atoms with Crippen molar-refractivity contribution in [1.29, 1.82) is 0 Å². The van der Waals surface area contributed by atoms with Crippen LogP contribution in [0.4, 0.5) is 0 Å². The first-order valence-electron chi connectivity index (χ1n) is 7.85. The maximum absolute atomic E-state index is 10.2. The van der Waals surface area contributed by atoms with Gasteiger partial charge in [0, 0.05) is 17.0 Å². The van der Waals surface area contributed by atoms with Gasteiger partial charge in [-0.15, -0.1) is 0 Å². The average Bonchev–Trinajstić information content (AvgIpc) is 2.61. The normalized spacial score (nSPS) is 18.4. The van der Waals surface area contributed by atoms with Gasteiger partial charge < -0.3 is 20.9 Å². The zero-order valence-electron chi connectivity index (χ0n) is 13.2. The van der Waals surface area contributed by atoms with Crippen molar-refractivity contribution in [3.63, 3.8) is 0 Å². The first-order chi connectivity index (χ1) is 11.6. The minimum atomic E-state index is -0.718. The monoisotopic (exact) mass is 345 g/mol. The fourth-order valence-corrected chi connectivity index (χ4v) is 2.82. The minimum absolute atomic E-state index is 0.0615. The van der Waals surface area contributed by atoms with E-state index >= 15 is 0 Å². The smallest absolute Gasteiger partial charge is 0.189 e. The first kappa shape index (κ1) is 16.6. The number of para-hydroxylation sites is 1. The number of nitrogens with two attached hydrogens (primary N) is 1. The van der Waals surface area contributed by atoms with Crippen molar-refractivity contribution in [2.24, 2.45) is 10.7 Å². The van der Waals surface area contributed by atoms with Crippen LogP contribution in [-0.2, 0) is 0 Å². The van der Waals surface area contributed by atoms with E-state index in [1.165, 1.54) is 0 Å². The van der Waals surface area contributed by atoms with Gasteiger partial charge in [0.2, 0.25) is 0 Å². The summed E-state index contributed by atoms with van der Waals surface area (Å²) in [7, 11) is 0. The molecule has 1 aliphatic rings. The van der Waals surface area contributed by atoms with Crippen LogP contribution in [0.15, 0.2) is 53.5 Å². The number of aliphatic imine (C=N–C) groups is 1. The predicted octanol–water partition coefficient (Wildman–Crippen LogP) is 2.80. The third-order valence-electron chi connectivity index (χ3n) is 3.97. The number of fused-ring (bicyclic) bond motifs is 1. The average molecular weight is 346 g/mol. The Labute approximate surface area is 146 Å². The summed E-state index contributed by atoms with van der Waals surface area (Å²) in [5.41, 5.74) is 7.80. The van der Waals surface area contributed by atoms with Crippen molar-refractivity contribution < 1.29 is 9.84 Å². The van der Waals surface area contributed by atoms with Gasteiger partial charge in [-0.1, -0.05) is 41.9 Å². The van der Waals surface area contributed by atoms with Crippen LogP contribution in [-0.4, -0.2) is 24.2 Å². The molecule has 0 radical (unpaired) electrons. The molecular weight excluding hydrogens is 326 g/mol. The van der Waals surface area contributed by atoms with Crippen molar-refractivity contribution in [2.45, 2.75) is 18.6 Å². The van der Waals surface area contributed by atoms with Gasteiger partial charge in [-0.3, -0.25) is 4.99 Å². The molecule has 0 aromatic heterocycles. The Morgan fingerprint density at radius 3 is 2.83 bits per heavy atom. The predicted molar refractivity (Wildman–Crippen MR) is 95.3 cm³/mol. The topological polar surface area (TPSA) is 79.9 Å². The highest BCUT2D eigenvalue weighted by Gasteiger charge is 2.21. The van der Waals surface area contributed by atoms with E-state index < -0.39 is 6.10 Å². The highest BCUT2D eigenvalue weighted by atomic mass is 35.5. The second kappa shape index (κ2) is 7.55. The maximum atomic E-state index is 10.2. The fourth-order valence-electron chi connectivity index (χ4n) is 2.69. The molecule has 0 saturated heterocycles. The molecular formula is C18H20ClN3O2. The molecule has 1 unspecified atom stereocenters. The number of nitrogens with one attached hydrogen (secondary N) is 1. The molecule has 2 aromatic rings. The number of ether oxygens (including phenoxy) is 1. The SMILES string of the molecule is NC(=NC[C@@H](O)c1ccc(Cl)cc1)NC1CCOc2ccccc21. The zero-order valence-corrected chi connectivity index (χ0v) is 13.9. The van der Waals surface area contributed by atoms with E-state index in [0.717, 1.165) is 23.3 Å². The second-order valence-corrected chi connectivity index (χ2v) is 6.10. The van der Waals surface area contributed by atoms with E-state index in [1.807, 2.05) is 24.3 Å². The summed E-state index contributed by atoms with van der Waals surface area (Å²) in [6.07, 6.45) is 0.0945. The molecule has 0 aliphatic carbocycles. The number of hydrogen-bond acceptors (Lipinski definition) is 3. The Balaban J connectivity index is 1.62. The largest absolute Gasteiger partial charge is 0.493 e. The molecule has 3 rings (SSSR count). The zero-order chi connectivity index (χ0) is 16.9. The van der Waals surface area contributed by atoms with Gasteiger partial charge in [-0.25, -0.2) is 0 Å². The van der Waals surface area contributed by atoms with E-state index in [0.29, 0.717) is 17.6 Å². The summed E-state index contributed by atoms with van der Waals surface area (Å²) >= 11 is 5.84. The van der Waals surface area contributed by atoms with Crippen molar-refractivity contribution in [3.05, 3.63) is 64.7 Å². The van der Waals surface area contributed by atoms with Gasteiger partial charge >= 0.3 is 0 Å². The highest BCUT2D eigenvalue weighted by molar-refractivity contribution is 6.30. The van der Waals surface area contributed by atoms with Crippen LogP contribution in [0.2, 0.25) is 5.02 Å². The number of nitrogens with zero attached hydrogens (tertiary/aromatic N) is 1. The molecule has 1 heterocycles. The Morgan fingerprint density at radius 1 is 1.29 bits per heavy atom. The van der Waals surface area contributed by atoms with Gasteiger partial charge in [-0.05, 0) is 23.8 Å². The molecule has 1 aliphatic heterocycles. The number of rotatable bonds is 4. The van der Waals surface area contributed by atoms with Crippen LogP contribution in [0.3, 0.4) is 0 Å². The number of halogens is 1. The van der Waals surface area contributed by atoms with Crippen molar-refractivity contribution >= 4 is 17.6 Å². The van der Waals surface area contributed by atoms with E-state index in [-0.39, 0.29) is 12.6 Å². The van der Waals surface area contributed by atoms with E-state index in [4.69, 9.17) is 22.1 Å². The third kappa shape index (κ3) is 3.99. The Morgan fingerprint density at radius 2 is 2.04 bits per heavy atom. The Kier molecular flexibility index (Phi) is 5.23. The summed E-state index contributed by atoms with van der Waals surface area (Å²) in [6.45, 7) is 0.820. The Hall–Kier alpha value is -2.24. The lowest BCUT2D eigenvalue weighted by Gasteiger charge is -2.27. The van der Waals surface area contributed by atoms with Gasteiger partial charge in [0.05, 0.1) is 25.3 Å². The fraction of sp³-hybridized carbons (Fsp3) is 0.278. The van der Waals surface area contributed by atoms with Crippen LogP contribution in [0, 0.1) is 0 Å². The van der Waals surface area contributed by atoms with Crippen LogP contribution in [0.25, 0.3) is 0 Å². The van der Waals surface area contributed by atoms with Gasteiger partial charge in [0.1, 0.15) is 5.75 Å². The van der Waals surface area contributed by atoms with Gasteiger partial charge in [-0.2, -0.15) is 0 Å². The number of benzene rings is 2. The van der Waals surface area contributed by atoms with E-state index in [2.05, 4.69) is 10.3 Å². The van der Waals surface area contributed by atoms with Crippen LogP contribution in [0.5, 0.6) is 5.75 Å². The lowest BCUT2D eigenvalue weighted by atomic mass is 10.0. The molecule has 0 saturated carbocycles. The second-order valence-electron chi connectivity index (χ2n) is 5.67. The van der Waals surface area contributed by atoms with Gasteiger partial charge in [0.15, 0.2) is 5.96 Å². The molecule has 5 nitrogen and oxygen atoms in total. The van der Waals surface area contributed by atoms with Crippen molar-refractivity contribution in [3.8, 4) is 5.75 Å². The molecule has 6 heteroatoms. The summed E-state index contributed by atoms with van der Waals surface area (Å²) in [4.78, 5) is 4.25. The number of aliphatic hydroxyl groups is 1. The molecule has 0 amide bonds. The summed E-state index contributed by atoms with van der Waals surface area (Å²) in [5, 5.41) is 14.0. The van der Waals surface area contributed by atoms with Crippen LogP contribution < -0.4 is 15.8 Å². The summed E-state index contributed by atoms with van der Waals surface area (Å²) in [5.74, 6) is 1.18. The van der Waals surface area contributed by atoms with Gasteiger partial charge in [0.25, 0.3) is 0 Å². The van der Waals surface area contributed by atoms with Crippen LogP contribution >= 0.6 is 11.6 Å². The Bertz CT molecular complexity index is 718. The molecule has 0 fully saturated rings. The molecule has 4 N–H and O–H groups in total. The molecule has 0 bridgehead atoms. The quantitative estimate of drug-likeness (QED) is 0.588. The lowest BCUT2D eigenvalue weighted by molar-refractivity contribution is 0.187. The van der Waals surface area contributed by atoms with E-state index in [9.17, 15) is 5.11 Å². The third-order valence-corrected chi connectivity index (χ3v) is 4.22. The molecule has 2 atom stereocenters. The van der Waals surface area contributed by atoms with Crippen molar-refractivity contribution in [1.82, 2.24) is 5.32 Å². The lowest BCUT2D eigenvalue weighted by Crippen LogP contribution is -2.37. The standard InChI is InChI=1S/C18H20ClN3O2/c19-13-7-5-12(6-8-13)16(23)11-21-18(20)22-15-9-10-24-17-4-2-1-3-14(15)17/h1-8,15-16,23H,9-11H2,(H3,20,21,22)/t15?,16-/m1/s1. The highest BCUT2D eigenvalue weighted by Crippen LogP contribution is 2.31.